The van der Waals surface area contributed by atoms with Crippen LogP contribution >= 0.6 is 0 Å². The molecule has 0 atom stereocenters. The minimum atomic E-state index is 0.605. The number of nitrogens with two attached hydrogens (primary N) is 1. The third-order valence-corrected chi connectivity index (χ3v) is 3.13. The Bertz CT molecular complexity index is 636. The maximum Gasteiger partial charge on any atom is 0.131 e. The quantitative estimate of drug-likeness (QED) is 0.898. The van der Waals surface area contributed by atoms with Gasteiger partial charge in [-0.3, -0.25) is 0 Å². The molecule has 2 N–H and O–H groups in total. The van der Waals surface area contributed by atoms with Crippen LogP contribution in [0.15, 0.2) is 12.1 Å². The molecular weight excluding hydrogens is 238 g/mol. The summed E-state index contributed by atoms with van der Waals surface area (Å²) in [4.78, 5) is 8.76. The molecule has 2 aromatic rings. The second-order valence-corrected chi connectivity index (χ2v) is 4.78. The molecule has 0 aliphatic rings. The van der Waals surface area contributed by atoms with Crippen LogP contribution in [-0.2, 0) is 0 Å². The van der Waals surface area contributed by atoms with E-state index in [0.29, 0.717) is 11.5 Å². The van der Waals surface area contributed by atoms with Gasteiger partial charge in [0.2, 0.25) is 0 Å². The summed E-state index contributed by atoms with van der Waals surface area (Å²) >= 11 is 0. The molecule has 1 aromatic heterocycles. The molecule has 1 heterocycles. The van der Waals surface area contributed by atoms with E-state index < -0.39 is 0 Å². The van der Waals surface area contributed by atoms with Crippen LogP contribution in [0.3, 0.4) is 0 Å². The Hall–Kier alpha value is -2.10. The second-order valence-electron chi connectivity index (χ2n) is 4.78. The van der Waals surface area contributed by atoms with Gasteiger partial charge in [-0.15, -0.1) is 0 Å². The number of benzene rings is 1. The van der Waals surface area contributed by atoms with Crippen molar-refractivity contribution in [3.8, 4) is 17.0 Å². The lowest BCUT2D eigenvalue weighted by molar-refractivity contribution is 0.413. The minimum Gasteiger partial charge on any atom is -0.496 e. The molecule has 0 aliphatic carbocycles. The van der Waals surface area contributed by atoms with Crippen molar-refractivity contribution in [2.45, 2.75) is 27.7 Å². The Morgan fingerprint density at radius 1 is 1.05 bits per heavy atom. The lowest BCUT2D eigenvalue weighted by Gasteiger charge is -2.15. The molecule has 0 amide bonds. The van der Waals surface area contributed by atoms with Crippen LogP contribution in [-0.4, -0.2) is 17.1 Å². The molecule has 4 heteroatoms. The first-order valence-electron chi connectivity index (χ1n) is 6.20. The molecule has 1 aromatic carbocycles. The molecule has 0 bridgehead atoms. The molecule has 0 saturated carbocycles. The largest absolute Gasteiger partial charge is 0.496 e. The van der Waals surface area contributed by atoms with Crippen molar-refractivity contribution in [2.75, 3.05) is 12.8 Å². The fourth-order valence-corrected chi connectivity index (χ4v) is 2.33. The molecule has 4 nitrogen and oxygen atoms in total. The Morgan fingerprint density at radius 2 is 1.74 bits per heavy atom. The molecule has 2 rings (SSSR count). The number of hydrogen-bond donors (Lipinski definition) is 1. The van der Waals surface area contributed by atoms with Gasteiger partial charge in [0.25, 0.3) is 0 Å². The lowest BCUT2D eigenvalue weighted by Crippen LogP contribution is -2.04. The normalized spacial score (nSPS) is 10.6. The van der Waals surface area contributed by atoms with E-state index >= 15 is 0 Å². The van der Waals surface area contributed by atoms with Gasteiger partial charge in [0.05, 0.1) is 18.5 Å². The Kier molecular flexibility index (Phi) is 3.42. The van der Waals surface area contributed by atoms with E-state index in [1.807, 2.05) is 33.8 Å². The van der Waals surface area contributed by atoms with Crippen molar-refractivity contribution < 1.29 is 4.74 Å². The van der Waals surface area contributed by atoms with Crippen molar-refractivity contribution in [3.63, 3.8) is 0 Å². The lowest BCUT2D eigenvalue weighted by atomic mass is 10.0. The molecule has 0 spiro atoms. The number of methoxy groups -OCH3 is 1. The van der Waals surface area contributed by atoms with Crippen LogP contribution in [0.25, 0.3) is 11.3 Å². The van der Waals surface area contributed by atoms with Crippen molar-refractivity contribution in [1.29, 1.82) is 0 Å². The van der Waals surface area contributed by atoms with Crippen LogP contribution < -0.4 is 10.5 Å². The number of rotatable bonds is 2. The van der Waals surface area contributed by atoms with E-state index in [2.05, 4.69) is 16.0 Å². The van der Waals surface area contributed by atoms with Gasteiger partial charge >= 0.3 is 0 Å². The minimum absolute atomic E-state index is 0.605. The van der Waals surface area contributed by atoms with Gasteiger partial charge < -0.3 is 10.5 Å². The molecule has 0 fully saturated rings. The zero-order valence-corrected chi connectivity index (χ0v) is 12.0. The van der Waals surface area contributed by atoms with Crippen LogP contribution in [0.5, 0.6) is 5.75 Å². The highest BCUT2D eigenvalue weighted by atomic mass is 16.5. The first-order chi connectivity index (χ1) is 8.93. The van der Waals surface area contributed by atoms with Crippen molar-refractivity contribution in [2.24, 2.45) is 0 Å². The van der Waals surface area contributed by atoms with Gasteiger partial charge in [-0.1, -0.05) is 6.07 Å². The molecule has 100 valence electrons. The molecule has 0 aliphatic heterocycles. The summed E-state index contributed by atoms with van der Waals surface area (Å²) in [6.45, 7) is 7.83. The zero-order valence-electron chi connectivity index (χ0n) is 12.0. The second kappa shape index (κ2) is 4.88. The molecule has 0 unspecified atom stereocenters. The predicted octanol–water partition coefficient (Wildman–Crippen LogP) is 2.97. The summed E-state index contributed by atoms with van der Waals surface area (Å²) in [5, 5.41) is 0. The number of hydrogen-bond acceptors (Lipinski definition) is 4. The van der Waals surface area contributed by atoms with Gasteiger partial charge in [-0.2, -0.15) is 0 Å². The Labute approximate surface area is 113 Å². The molecule has 0 radical (unpaired) electrons. The van der Waals surface area contributed by atoms with Crippen LogP contribution in [0, 0.1) is 27.7 Å². The number of aromatic nitrogens is 2. The van der Waals surface area contributed by atoms with Gasteiger partial charge in [0.15, 0.2) is 0 Å². The van der Waals surface area contributed by atoms with Gasteiger partial charge in [-0.05, 0) is 44.9 Å². The highest BCUT2D eigenvalue weighted by molar-refractivity contribution is 5.79. The number of aryl methyl sites for hydroxylation is 4. The first-order valence-corrected chi connectivity index (χ1v) is 6.20. The van der Waals surface area contributed by atoms with Crippen molar-refractivity contribution in [3.05, 3.63) is 34.8 Å². The van der Waals surface area contributed by atoms with Crippen molar-refractivity contribution in [1.82, 2.24) is 9.97 Å². The average molecular weight is 257 g/mol. The maximum atomic E-state index is 6.13. The standard InChI is InChI=1S/C15H19N3O/c1-8-6-9(2)15(19-5)12(7-8)14-13(16)10(3)17-11(4)18-14/h6-7H,16H2,1-5H3. The van der Waals surface area contributed by atoms with Crippen molar-refractivity contribution >= 4 is 5.69 Å². The van der Waals surface area contributed by atoms with E-state index in [-0.39, 0.29) is 0 Å². The molecule has 19 heavy (non-hydrogen) atoms. The van der Waals surface area contributed by atoms with Gasteiger partial charge in [-0.25, -0.2) is 9.97 Å². The van der Waals surface area contributed by atoms with E-state index in [9.17, 15) is 0 Å². The fraction of sp³-hybridized carbons (Fsp3) is 0.333. The summed E-state index contributed by atoms with van der Waals surface area (Å²) in [5.41, 5.74) is 11.4. The van der Waals surface area contributed by atoms with Gasteiger partial charge in [0, 0.05) is 5.56 Å². The number of anilines is 1. The Morgan fingerprint density at radius 3 is 2.37 bits per heavy atom. The number of ether oxygens (including phenoxy) is 1. The SMILES string of the molecule is COc1c(C)cc(C)cc1-c1nc(C)nc(C)c1N. The van der Waals surface area contributed by atoms with Crippen LogP contribution in [0.1, 0.15) is 22.6 Å². The van der Waals surface area contributed by atoms with E-state index in [0.717, 1.165) is 33.8 Å². The summed E-state index contributed by atoms with van der Waals surface area (Å²) in [5.74, 6) is 1.53. The number of nitrogens with zero attached hydrogens (tertiary/aromatic N) is 2. The fourth-order valence-electron chi connectivity index (χ4n) is 2.33. The highest BCUT2D eigenvalue weighted by Gasteiger charge is 2.16. The maximum absolute atomic E-state index is 6.13. The monoisotopic (exact) mass is 257 g/mol. The highest BCUT2D eigenvalue weighted by Crippen LogP contribution is 2.36. The van der Waals surface area contributed by atoms with E-state index in [4.69, 9.17) is 10.5 Å². The topological polar surface area (TPSA) is 61.0 Å². The molecule has 0 saturated heterocycles. The molecular formula is C15H19N3O. The van der Waals surface area contributed by atoms with Gasteiger partial charge in [0.1, 0.15) is 17.3 Å². The average Bonchev–Trinajstić information content (AvgIpc) is 2.33. The Balaban J connectivity index is 2.78. The van der Waals surface area contributed by atoms with E-state index in [1.54, 1.807) is 7.11 Å². The number of nitrogen functional groups attached to an aromatic ring is 1. The van der Waals surface area contributed by atoms with Crippen LogP contribution in [0.4, 0.5) is 5.69 Å². The zero-order chi connectivity index (χ0) is 14.2. The third kappa shape index (κ3) is 2.38. The summed E-state index contributed by atoms with van der Waals surface area (Å²) < 4.78 is 5.50. The summed E-state index contributed by atoms with van der Waals surface area (Å²) in [7, 11) is 1.66. The van der Waals surface area contributed by atoms with Crippen LogP contribution in [0.2, 0.25) is 0 Å². The first kappa shape index (κ1) is 13.3. The third-order valence-electron chi connectivity index (χ3n) is 3.13. The summed E-state index contributed by atoms with van der Waals surface area (Å²) in [6.07, 6.45) is 0. The van der Waals surface area contributed by atoms with E-state index in [1.165, 1.54) is 0 Å². The summed E-state index contributed by atoms with van der Waals surface area (Å²) in [6, 6.07) is 4.13. The smallest absolute Gasteiger partial charge is 0.131 e. The predicted molar refractivity (Wildman–Crippen MR) is 77.4 cm³/mol.